The quantitative estimate of drug-likeness (QED) is 0.692. The molecule has 5 nitrogen and oxygen atoms in total. The van der Waals surface area contributed by atoms with E-state index in [1.165, 1.54) is 5.69 Å². The third kappa shape index (κ3) is 3.67. The maximum Gasteiger partial charge on any atom is 0.287 e. The van der Waals surface area contributed by atoms with Gasteiger partial charge in [0.25, 0.3) is 5.91 Å². The molecule has 0 aliphatic heterocycles. The Kier molecular flexibility index (Phi) is 5.46. The van der Waals surface area contributed by atoms with Crippen LogP contribution in [-0.4, -0.2) is 26.1 Å². The summed E-state index contributed by atoms with van der Waals surface area (Å²) >= 11 is 0. The van der Waals surface area contributed by atoms with Crippen LogP contribution in [0.2, 0.25) is 0 Å². The van der Waals surface area contributed by atoms with E-state index in [4.69, 9.17) is 9.15 Å². The third-order valence-electron chi connectivity index (χ3n) is 4.47. The maximum absolute atomic E-state index is 12.4. The van der Waals surface area contributed by atoms with Gasteiger partial charge in [0, 0.05) is 30.7 Å². The van der Waals surface area contributed by atoms with E-state index in [1.54, 1.807) is 13.2 Å². The largest absolute Gasteiger partial charge is 0.493 e. The van der Waals surface area contributed by atoms with Crippen LogP contribution >= 0.6 is 0 Å². The van der Waals surface area contributed by atoms with Crippen LogP contribution in [0, 0.1) is 0 Å². The molecule has 0 aliphatic carbocycles. The molecule has 0 unspecified atom stereocenters. The predicted molar refractivity (Wildman–Crippen MR) is 104 cm³/mol. The number of para-hydroxylation sites is 1. The molecule has 5 heteroatoms. The van der Waals surface area contributed by atoms with Crippen molar-refractivity contribution in [3.8, 4) is 5.75 Å². The summed E-state index contributed by atoms with van der Waals surface area (Å²) < 4.78 is 10.9. The second-order valence-electron chi connectivity index (χ2n) is 6.01. The van der Waals surface area contributed by atoms with Gasteiger partial charge in [-0.3, -0.25) is 4.79 Å². The zero-order valence-corrected chi connectivity index (χ0v) is 15.4. The normalized spacial score (nSPS) is 10.7. The van der Waals surface area contributed by atoms with Gasteiger partial charge in [-0.2, -0.15) is 0 Å². The molecule has 1 N–H and O–H groups in total. The molecule has 26 heavy (non-hydrogen) atoms. The van der Waals surface area contributed by atoms with E-state index >= 15 is 0 Å². The lowest BCUT2D eigenvalue weighted by Gasteiger charge is -2.21. The average Bonchev–Trinajstić information content (AvgIpc) is 3.12. The topological polar surface area (TPSA) is 54.7 Å². The Morgan fingerprint density at radius 1 is 1.12 bits per heavy atom. The molecule has 136 valence electrons. The molecule has 0 saturated heterocycles. The van der Waals surface area contributed by atoms with Gasteiger partial charge in [0.1, 0.15) is 0 Å². The van der Waals surface area contributed by atoms with Crippen molar-refractivity contribution in [1.29, 1.82) is 0 Å². The minimum absolute atomic E-state index is 0.240. The maximum atomic E-state index is 12.4. The zero-order valence-electron chi connectivity index (χ0n) is 15.4. The first-order chi connectivity index (χ1) is 12.7. The Morgan fingerprint density at radius 3 is 2.50 bits per heavy atom. The average molecular weight is 352 g/mol. The van der Waals surface area contributed by atoms with Gasteiger partial charge in [-0.15, -0.1) is 0 Å². The Labute approximate surface area is 153 Å². The second-order valence-corrected chi connectivity index (χ2v) is 6.01. The monoisotopic (exact) mass is 352 g/mol. The molecule has 3 rings (SSSR count). The van der Waals surface area contributed by atoms with E-state index in [0.717, 1.165) is 24.0 Å². The number of ether oxygens (including phenoxy) is 1. The first-order valence-corrected chi connectivity index (χ1v) is 8.84. The Hall–Kier alpha value is -2.95. The van der Waals surface area contributed by atoms with E-state index in [1.807, 2.05) is 30.3 Å². The highest BCUT2D eigenvalue weighted by atomic mass is 16.5. The SMILES string of the molecule is CCN(CC)c1ccc(CNC(=O)c2cc3cccc(OC)c3o2)cc1. The van der Waals surface area contributed by atoms with Crippen LogP contribution in [0.15, 0.2) is 52.9 Å². The molecule has 3 aromatic rings. The molecule has 0 saturated carbocycles. The molecule has 0 fully saturated rings. The summed E-state index contributed by atoms with van der Waals surface area (Å²) in [6, 6.07) is 15.5. The van der Waals surface area contributed by atoms with Gasteiger partial charge in [-0.1, -0.05) is 24.3 Å². The number of amides is 1. The molecule has 0 spiro atoms. The number of anilines is 1. The summed E-state index contributed by atoms with van der Waals surface area (Å²) in [6.45, 7) is 6.68. The van der Waals surface area contributed by atoms with Crippen LogP contribution in [0.3, 0.4) is 0 Å². The highest BCUT2D eigenvalue weighted by Crippen LogP contribution is 2.28. The fourth-order valence-electron chi connectivity index (χ4n) is 2.99. The minimum Gasteiger partial charge on any atom is -0.493 e. The Morgan fingerprint density at radius 2 is 1.85 bits per heavy atom. The number of rotatable bonds is 7. The number of carbonyl (C=O) groups excluding carboxylic acids is 1. The van der Waals surface area contributed by atoms with E-state index in [9.17, 15) is 4.79 Å². The summed E-state index contributed by atoms with van der Waals surface area (Å²) in [7, 11) is 1.58. The highest BCUT2D eigenvalue weighted by Gasteiger charge is 2.14. The number of furan rings is 1. The van der Waals surface area contributed by atoms with Gasteiger partial charge >= 0.3 is 0 Å². The molecular formula is C21H24N2O3. The summed E-state index contributed by atoms with van der Waals surface area (Å²) in [5.41, 5.74) is 2.82. The van der Waals surface area contributed by atoms with Crippen molar-refractivity contribution < 1.29 is 13.9 Å². The molecule has 0 aliphatic rings. The number of hydrogen-bond donors (Lipinski definition) is 1. The zero-order chi connectivity index (χ0) is 18.5. The Bertz CT molecular complexity index is 880. The highest BCUT2D eigenvalue weighted by molar-refractivity contribution is 5.97. The lowest BCUT2D eigenvalue weighted by Crippen LogP contribution is -2.23. The lowest BCUT2D eigenvalue weighted by molar-refractivity contribution is 0.0925. The van der Waals surface area contributed by atoms with Gasteiger partial charge in [0.05, 0.1) is 7.11 Å². The molecular weight excluding hydrogens is 328 g/mol. The summed E-state index contributed by atoms with van der Waals surface area (Å²) in [5.74, 6) is 0.661. The van der Waals surface area contributed by atoms with Gasteiger partial charge in [-0.05, 0) is 43.7 Å². The number of carbonyl (C=O) groups is 1. The van der Waals surface area contributed by atoms with Crippen LogP contribution in [0.25, 0.3) is 11.0 Å². The van der Waals surface area contributed by atoms with Gasteiger partial charge in [0.2, 0.25) is 0 Å². The van der Waals surface area contributed by atoms with Crippen molar-refractivity contribution in [2.75, 3.05) is 25.1 Å². The molecule has 1 aromatic heterocycles. The molecule has 0 radical (unpaired) electrons. The third-order valence-corrected chi connectivity index (χ3v) is 4.47. The number of nitrogens with zero attached hydrogens (tertiary/aromatic N) is 1. The van der Waals surface area contributed by atoms with E-state index in [2.05, 4.69) is 36.2 Å². The number of hydrogen-bond acceptors (Lipinski definition) is 4. The minimum atomic E-state index is -0.240. The van der Waals surface area contributed by atoms with E-state index in [-0.39, 0.29) is 11.7 Å². The van der Waals surface area contributed by atoms with Crippen LogP contribution in [0.4, 0.5) is 5.69 Å². The van der Waals surface area contributed by atoms with Crippen LogP contribution in [0.5, 0.6) is 5.75 Å². The Balaban J connectivity index is 1.67. The number of nitrogens with one attached hydrogen (secondary N) is 1. The first-order valence-electron chi connectivity index (χ1n) is 8.84. The summed E-state index contributed by atoms with van der Waals surface area (Å²) in [6.07, 6.45) is 0. The van der Waals surface area contributed by atoms with Gasteiger partial charge < -0.3 is 19.4 Å². The molecule has 0 bridgehead atoms. The van der Waals surface area contributed by atoms with Crippen molar-refractivity contribution in [2.45, 2.75) is 20.4 Å². The second kappa shape index (κ2) is 7.95. The van der Waals surface area contributed by atoms with E-state index in [0.29, 0.717) is 17.9 Å². The van der Waals surface area contributed by atoms with E-state index < -0.39 is 0 Å². The fourth-order valence-corrected chi connectivity index (χ4v) is 2.99. The van der Waals surface area contributed by atoms with Gasteiger partial charge in [0.15, 0.2) is 17.1 Å². The van der Waals surface area contributed by atoms with Gasteiger partial charge in [-0.25, -0.2) is 0 Å². The van der Waals surface area contributed by atoms with Crippen LogP contribution in [-0.2, 0) is 6.54 Å². The van der Waals surface area contributed by atoms with Crippen molar-refractivity contribution in [1.82, 2.24) is 5.32 Å². The van der Waals surface area contributed by atoms with Crippen molar-refractivity contribution >= 4 is 22.6 Å². The van der Waals surface area contributed by atoms with Crippen molar-refractivity contribution in [3.05, 3.63) is 59.9 Å². The van der Waals surface area contributed by atoms with Crippen molar-refractivity contribution in [2.24, 2.45) is 0 Å². The standard InChI is InChI=1S/C21H24N2O3/c1-4-23(5-2)17-11-9-15(10-12-17)14-22-21(24)19-13-16-7-6-8-18(25-3)20(16)26-19/h6-13H,4-5,14H2,1-3H3,(H,22,24). The summed E-state index contributed by atoms with van der Waals surface area (Å²) in [5, 5.41) is 3.75. The lowest BCUT2D eigenvalue weighted by atomic mass is 10.2. The molecule has 2 aromatic carbocycles. The number of methoxy groups -OCH3 is 1. The number of fused-ring (bicyclic) bond motifs is 1. The number of benzene rings is 2. The van der Waals surface area contributed by atoms with Crippen LogP contribution in [0.1, 0.15) is 30.0 Å². The fraction of sp³-hybridized carbons (Fsp3) is 0.286. The molecule has 1 heterocycles. The predicted octanol–water partition coefficient (Wildman–Crippen LogP) is 4.22. The van der Waals surface area contributed by atoms with Crippen LogP contribution < -0.4 is 15.0 Å². The summed E-state index contributed by atoms with van der Waals surface area (Å²) in [4.78, 5) is 14.7. The van der Waals surface area contributed by atoms with Crippen molar-refractivity contribution in [3.63, 3.8) is 0 Å². The molecule has 0 atom stereocenters. The molecule has 1 amide bonds. The first kappa shape index (κ1) is 17.9. The smallest absolute Gasteiger partial charge is 0.287 e.